The monoisotopic (exact) mass is 245 g/mol. The van der Waals surface area contributed by atoms with E-state index >= 15 is 0 Å². The minimum atomic E-state index is -0.967. The van der Waals surface area contributed by atoms with Gasteiger partial charge in [-0.15, -0.1) is 0 Å². The second-order valence-electron chi connectivity index (χ2n) is 4.08. The van der Waals surface area contributed by atoms with Gasteiger partial charge in [-0.3, -0.25) is 0 Å². The minimum absolute atomic E-state index is 0.210. The van der Waals surface area contributed by atoms with Crippen LogP contribution in [-0.4, -0.2) is 22.8 Å². The van der Waals surface area contributed by atoms with Gasteiger partial charge in [-0.05, 0) is 18.2 Å². The maximum Gasteiger partial charge on any atom is 0.352 e. The first-order valence-corrected chi connectivity index (χ1v) is 5.41. The molecule has 0 bridgehead atoms. The molecule has 0 fully saturated rings. The Kier molecular flexibility index (Phi) is 2.10. The van der Waals surface area contributed by atoms with Gasteiger partial charge in [-0.25, -0.2) is 4.79 Å². The number of nitrogens with zero attached hydrogens (tertiary/aromatic N) is 1. The lowest BCUT2D eigenvalue weighted by atomic mass is 10.2. The van der Waals surface area contributed by atoms with Gasteiger partial charge >= 0.3 is 5.97 Å². The van der Waals surface area contributed by atoms with Gasteiger partial charge < -0.3 is 18.8 Å². The molecule has 18 heavy (non-hydrogen) atoms. The number of benzene rings is 1. The van der Waals surface area contributed by atoms with E-state index in [1.807, 2.05) is 12.1 Å². The summed E-state index contributed by atoms with van der Waals surface area (Å²) in [6.45, 7) is 0. The average Bonchev–Trinajstić information content (AvgIpc) is 2.86. The molecule has 2 heterocycles. The van der Waals surface area contributed by atoms with Crippen LogP contribution in [0.4, 0.5) is 0 Å². The summed E-state index contributed by atoms with van der Waals surface area (Å²) < 4.78 is 12.3. The Labute approximate surface area is 102 Å². The largest absolute Gasteiger partial charge is 0.497 e. The normalized spacial score (nSPS) is 11.2. The quantitative estimate of drug-likeness (QED) is 0.753. The summed E-state index contributed by atoms with van der Waals surface area (Å²) in [5, 5.41) is 10.7. The van der Waals surface area contributed by atoms with Crippen molar-refractivity contribution in [1.82, 2.24) is 4.57 Å². The van der Waals surface area contributed by atoms with Crippen LogP contribution >= 0.6 is 0 Å². The third kappa shape index (κ3) is 1.30. The van der Waals surface area contributed by atoms with E-state index in [2.05, 4.69) is 0 Å². The molecule has 0 unspecified atom stereocenters. The van der Waals surface area contributed by atoms with Crippen molar-refractivity contribution in [2.45, 2.75) is 0 Å². The van der Waals surface area contributed by atoms with E-state index < -0.39 is 5.97 Å². The van der Waals surface area contributed by atoms with E-state index in [0.29, 0.717) is 17.0 Å². The van der Waals surface area contributed by atoms with Crippen molar-refractivity contribution in [3.8, 4) is 5.75 Å². The molecule has 2 aromatic heterocycles. The number of furan rings is 1. The molecule has 92 valence electrons. The Hall–Kier alpha value is -2.43. The Balaban J connectivity index is 2.36. The molecule has 3 rings (SSSR count). The number of fused-ring (bicyclic) bond motifs is 3. The fourth-order valence-electron chi connectivity index (χ4n) is 2.15. The lowest BCUT2D eigenvalue weighted by molar-refractivity contribution is 0.0686. The van der Waals surface area contributed by atoms with Crippen molar-refractivity contribution in [2.75, 3.05) is 7.11 Å². The van der Waals surface area contributed by atoms with Gasteiger partial charge in [0.15, 0.2) is 0 Å². The first-order valence-electron chi connectivity index (χ1n) is 5.41. The molecule has 0 aliphatic rings. The third-order valence-corrected chi connectivity index (χ3v) is 3.08. The molecule has 0 saturated carbocycles. The molecule has 0 spiro atoms. The van der Waals surface area contributed by atoms with E-state index in [4.69, 9.17) is 14.3 Å². The van der Waals surface area contributed by atoms with Crippen LogP contribution in [0, 0.1) is 0 Å². The van der Waals surface area contributed by atoms with Gasteiger partial charge in [0, 0.05) is 23.9 Å². The number of ether oxygens (including phenoxy) is 1. The molecule has 0 radical (unpaired) electrons. The molecule has 1 N–H and O–H groups in total. The minimum Gasteiger partial charge on any atom is -0.497 e. The Bertz CT molecular complexity index is 766. The first-order chi connectivity index (χ1) is 8.61. The molecule has 5 heteroatoms. The highest BCUT2D eigenvalue weighted by Gasteiger charge is 2.17. The highest BCUT2D eigenvalue weighted by Crippen LogP contribution is 2.32. The molecular weight excluding hydrogens is 234 g/mol. The number of hydrogen-bond acceptors (Lipinski definition) is 3. The van der Waals surface area contributed by atoms with Crippen LogP contribution < -0.4 is 4.74 Å². The molecule has 3 aromatic rings. The number of aromatic nitrogens is 1. The van der Waals surface area contributed by atoms with Crippen LogP contribution in [0.5, 0.6) is 5.75 Å². The Morgan fingerprint density at radius 2 is 2.11 bits per heavy atom. The summed E-state index contributed by atoms with van der Waals surface area (Å²) in [6, 6.07) is 7.10. The number of carboxylic acids is 1. The number of hydrogen-bond donors (Lipinski definition) is 1. The van der Waals surface area contributed by atoms with Crippen molar-refractivity contribution in [3.63, 3.8) is 0 Å². The molecule has 0 aliphatic heterocycles. The average molecular weight is 245 g/mol. The first kappa shape index (κ1) is 10.7. The number of carboxylic acid groups (broad SMARTS) is 1. The second-order valence-corrected chi connectivity index (χ2v) is 4.08. The fourth-order valence-corrected chi connectivity index (χ4v) is 2.15. The van der Waals surface area contributed by atoms with Crippen LogP contribution in [0.25, 0.3) is 22.1 Å². The molecule has 1 aromatic carbocycles. The summed E-state index contributed by atoms with van der Waals surface area (Å²) in [5.41, 5.74) is 1.45. The van der Waals surface area contributed by atoms with Gasteiger partial charge in [-0.1, -0.05) is 0 Å². The van der Waals surface area contributed by atoms with Gasteiger partial charge in [0.05, 0.1) is 7.11 Å². The van der Waals surface area contributed by atoms with Crippen LogP contribution in [0.1, 0.15) is 10.5 Å². The summed E-state index contributed by atoms with van der Waals surface area (Å²) in [6.07, 6.45) is 0. The lowest BCUT2D eigenvalue weighted by Crippen LogP contribution is -2.03. The van der Waals surface area contributed by atoms with Crippen molar-refractivity contribution in [2.24, 2.45) is 7.05 Å². The number of aromatic carboxylic acids is 1. The van der Waals surface area contributed by atoms with E-state index in [-0.39, 0.29) is 5.69 Å². The molecule has 5 nitrogen and oxygen atoms in total. The lowest BCUT2D eigenvalue weighted by Gasteiger charge is -1.98. The van der Waals surface area contributed by atoms with E-state index in [0.717, 1.165) is 10.8 Å². The van der Waals surface area contributed by atoms with Gasteiger partial charge in [0.1, 0.15) is 17.0 Å². The molecule has 0 aliphatic carbocycles. The highest BCUT2D eigenvalue weighted by atomic mass is 16.5. The predicted molar refractivity (Wildman–Crippen MR) is 66.2 cm³/mol. The zero-order valence-corrected chi connectivity index (χ0v) is 9.93. The SMILES string of the molecule is COc1ccc2c(c1)oc1c2cc(C(=O)O)n1C. The molecular formula is C13H11NO4. The van der Waals surface area contributed by atoms with Gasteiger partial charge in [0.2, 0.25) is 5.71 Å². The number of aryl methyl sites for hydroxylation is 1. The molecule has 0 saturated heterocycles. The zero-order valence-electron chi connectivity index (χ0n) is 9.93. The third-order valence-electron chi connectivity index (χ3n) is 3.08. The standard InChI is InChI=1S/C13H11NO4/c1-14-10(13(15)16)6-9-8-4-3-7(17-2)5-11(8)18-12(9)14/h3-6H,1-2H3,(H,15,16). The number of methoxy groups -OCH3 is 1. The summed E-state index contributed by atoms with van der Waals surface area (Å²) in [5.74, 6) is -0.259. The van der Waals surface area contributed by atoms with Gasteiger partial charge in [-0.2, -0.15) is 0 Å². The van der Waals surface area contributed by atoms with E-state index in [9.17, 15) is 4.79 Å². The van der Waals surface area contributed by atoms with Crippen LogP contribution in [0.15, 0.2) is 28.7 Å². The summed E-state index contributed by atoms with van der Waals surface area (Å²) in [7, 11) is 3.26. The molecule has 0 atom stereocenters. The van der Waals surface area contributed by atoms with Gasteiger partial charge in [0.25, 0.3) is 0 Å². The highest BCUT2D eigenvalue weighted by molar-refractivity contribution is 6.07. The number of rotatable bonds is 2. The number of carbonyl (C=O) groups is 1. The summed E-state index contributed by atoms with van der Waals surface area (Å²) in [4.78, 5) is 11.0. The van der Waals surface area contributed by atoms with Crippen LogP contribution in [-0.2, 0) is 7.05 Å². The van der Waals surface area contributed by atoms with Crippen molar-refractivity contribution in [1.29, 1.82) is 0 Å². The maximum atomic E-state index is 11.0. The predicted octanol–water partition coefficient (Wildman–Crippen LogP) is 2.63. The Morgan fingerprint density at radius 1 is 1.33 bits per heavy atom. The smallest absolute Gasteiger partial charge is 0.352 e. The second kappa shape index (κ2) is 3.53. The van der Waals surface area contributed by atoms with Crippen molar-refractivity contribution < 1.29 is 19.1 Å². The van der Waals surface area contributed by atoms with Crippen LogP contribution in [0.3, 0.4) is 0 Å². The van der Waals surface area contributed by atoms with Crippen molar-refractivity contribution >= 4 is 28.0 Å². The Morgan fingerprint density at radius 3 is 2.78 bits per heavy atom. The van der Waals surface area contributed by atoms with Crippen molar-refractivity contribution in [3.05, 3.63) is 30.0 Å². The van der Waals surface area contributed by atoms with E-state index in [1.54, 1.807) is 26.3 Å². The molecule has 0 amide bonds. The topological polar surface area (TPSA) is 64.6 Å². The maximum absolute atomic E-state index is 11.0. The fraction of sp³-hybridized carbons (Fsp3) is 0.154. The van der Waals surface area contributed by atoms with E-state index in [1.165, 1.54) is 4.57 Å². The summed E-state index contributed by atoms with van der Waals surface area (Å²) >= 11 is 0. The zero-order chi connectivity index (χ0) is 12.9. The van der Waals surface area contributed by atoms with Crippen LogP contribution in [0.2, 0.25) is 0 Å².